The van der Waals surface area contributed by atoms with E-state index in [4.69, 9.17) is 18.5 Å². The van der Waals surface area contributed by atoms with Crippen molar-refractivity contribution in [2.45, 2.75) is 238 Å². The Balaban J connectivity index is 4.22. The van der Waals surface area contributed by atoms with Gasteiger partial charge >= 0.3 is 11.9 Å². The van der Waals surface area contributed by atoms with E-state index in [1.54, 1.807) is 0 Å². The van der Waals surface area contributed by atoms with Crippen LogP contribution in [0.5, 0.6) is 0 Å². The zero-order valence-corrected chi connectivity index (χ0v) is 45.4. The van der Waals surface area contributed by atoms with E-state index in [0.29, 0.717) is 17.4 Å². The Bertz CT molecular complexity index is 1380. The van der Waals surface area contributed by atoms with Crippen LogP contribution in [0.15, 0.2) is 72.9 Å². The van der Waals surface area contributed by atoms with Gasteiger partial charge in [0.2, 0.25) is 0 Å². The Hall–Kier alpha value is -2.55. The van der Waals surface area contributed by atoms with Crippen LogP contribution in [-0.2, 0) is 32.7 Å². The molecule has 68 heavy (non-hydrogen) atoms. The maximum Gasteiger partial charge on any atom is 0.306 e. The molecule has 0 fully saturated rings. The summed E-state index contributed by atoms with van der Waals surface area (Å²) in [7, 11) is 1.16. The number of rotatable bonds is 50. The van der Waals surface area contributed by atoms with Crippen molar-refractivity contribution in [3.8, 4) is 0 Å². The molecule has 0 N–H and O–H groups in total. The van der Waals surface area contributed by atoms with Crippen LogP contribution in [0.2, 0.25) is 0 Å². The largest absolute Gasteiger partial charge is 0.756 e. The molecule has 394 valence electrons. The second kappa shape index (κ2) is 49.4. The number of phosphoric ester groups is 1. The summed E-state index contributed by atoms with van der Waals surface area (Å²) in [5, 5.41) is 0. The summed E-state index contributed by atoms with van der Waals surface area (Å²) in [6.07, 6.45) is 63.6. The van der Waals surface area contributed by atoms with Gasteiger partial charge in [-0.25, -0.2) is 0 Å². The molecule has 2 atom stereocenters. The molecule has 0 spiro atoms. The number of esters is 2. The summed E-state index contributed by atoms with van der Waals surface area (Å²) in [6, 6.07) is 0. The number of likely N-dealkylation sites (N-methyl/N-ethyl adjacent to an activating group) is 1. The number of phosphoric acid groups is 1. The first-order valence-corrected chi connectivity index (χ1v) is 29.1. The lowest BCUT2D eigenvalue weighted by molar-refractivity contribution is -0.870. The topological polar surface area (TPSA) is 111 Å². The number of hydrogen-bond donors (Lipinski definition) is 0. The number of carbonyl (C=O) groups excluding carboxylic acids is 2. The Morgan fingerprint density at radius 1 is 0.471 bits per heavy atom. The van der Waals surface area contributed by atoms with Crippen LogP contribution in [0, 0.1) is 0 Å². The molecule has 0 aromatic carbocycles. The first-order valence-electron chi connectivity index (χ1n) is 27.6. The standard InChI is InChI=1S/C58H104NO8P/c1-6-8-10-12-14-16-18-20-22-24-26-28-29-31-33-35-37-39-41-43-45-47-49-51-58(61)67-56(55-66-68(62,63)65-53-52-59(3,4)5)54-64-57(60)50-48-46-44-42-40-38-36-34-32-30-27-25-23-21-19-17-15-13-11-9-7-2/h8,10,14,16,19-22,25-28,56H,6-7,9,11-13,15,17-18,23-24,29-55H2,1-5H3/b10-8-,16-14-,21-19-,22-20-,27-25-,28-26-. The summed E-state index contributed by atoms with van der Waals surface area (Å²) in [6.45, 7) is 4.12. The van der Waals surface area contributed by atoms with Crippen LogP contribution in [0.3, 0.4) is 0 Å². The summed E-state index contributed by atoms with van der Waals surface area (Å²) in [4.78, 5) is 37.8. The Labute approximate surface area is 418 Å². The molecule has 0 rings (SSSR count). The van der Waals surface area contributed by atoms with Crippen LogP contribution < -0.4 is 4.89 Å². The van der Waals surface area contributed by atoms with Gasteiger partial charge in [-0.3, -0.25) is 14.2 Å². The number of nitrogens with zero attached hydrogens (tertiary/aromatic N) is 1. The van der Waals surface area contributed by atoms with Crippen molar-refractivity contribution in [2.75, 3.05) is 47.5 Å². The van der Waals surface area contributed by atoms with E-state index >= 15 is 0 Å². The summed E-state index contributed by atoms with van der Waals surface area (Å²) < 4.78 is 34.1. The van der Waals surface area contributed by atoms with Crippen molar-refractivity contribution >= 4 is 19.8 Å². The molecule has 9 nitrogen and oxygen atoms in total. The van der Waals surface area contributed by atoms with Gasteiger partial charge in [0.05, 0.1) is 27.7 Å². The number of quaternary nitrogens is 1. The van der Waals surface area contributed by atoms with Gasteiger partial charge in [0.25, 0.3) is 7.82 Å². The van der Waals surface area contributed by atoms with Crippen LogP contribution >= 0.6 is 7.82 Å². The van der Waals surface area contributed by atoms with E-state index in [-0.39, 0.29) is 32.0 Å². The molecule has 0 heterocycles. The van der Waals surface area contributed by atoms with Crippen LogP contribution in [0.25, 0.3) is 0 Å². The van der Waals surface area contributed by atoms with Gasteiger partial charge in [-0.2, -0.15) is 0 Å². The monoisotopic (exact) mass is 974 g/mol. The number of unbranched alkanes of at least 4 members (excludes halogenated alkanes) is 24. The molecule has 0 radical (unpaired) electrons. The quantitative estimate of drug-likeness (QED) is 0.0195. The van der Waals surface area contributed by atoms with Gasteiger partial charge < -0.3 is 27.9 Å². The lowest BCUT2D eigenvalue weighted by Gasteiger charge is -2.28. The Kier molecular flexibility index (Phi) is 47.6. The predicted octanol–water partition coefficient (Wildman–Crippen LogP) is 16.3. The van der Waals surface area contributed by atoms with E-state index in [2.05, 4.69) is 86.8 Å². The summed E-state index contributed by atoms with van der Waals surface area (Å²) in [5.74, 6) is -0.842. The molecular formula is C58H104NO8P. The molecule has 0 aliphatic rings. The molecule has 0 saturated carbocycles. The second-order valence-electron chi connectivity index (χ2n) is 19.6. The van der Waals surface area contributed by atoms with Crippen molar-refractivity contribution in [3.63, 3.8) is 0 Å². The van der Waals surface area contributed by atoms with Crippen LogP contribution in [0.1, 0.15) is 232 Å². The fraction of sp³-hybridized carbons (Fsp3) is 0.759. The molecule has 0 aromatic rings. The van der Waals surface area contributed by atoms with E-state index in [9.17, 15) is 19.0 Å². The molecule has 0 bridgehead atoms. The van der Waals surface area contributed by atoms with E-state index in [0.717, 1.165) is 83.5 Å². The van der Waals surface area contributed by atoms with Crippen molar-refractivity contribution < 1.29 is 42.1 Å². The number of carbonyl (C=O) groups is 2. The van der Waals surface area contributed by atoms with Crippen molar-refractivity contribution in [1.29, 1.82) is 0 Å². The highest BCUT2D eigenvalue weighted by atomic mass is 31.2. The molecule has 10 heteroatoms. The summed E-state index contributed by atoms with van der Waals surface area (Å²) in [5.41, 5.74) is 0. The third kappa shape index (κ3) is 52.8. The smallest absolute Gasteiger partial charge is 0.306 e. The van der Waals surface area contributed by atoms with Gasteiger partial charge in [0.1, 0.15) is 19.8 Å². The molecule has 0 amide bonds. The van der Waals surface area contributed by atoms with Crippen molar-refractivity contribution in [3.05, 3.63) is 72.9 Å². The number of ether oxygens (including phenoxy) is 2. The molecular weight excluding hydrogens is 870 g/mol. The SMILES string of the molecule is CC/C=C\C/C=C\C/C=C\C/C=C\CCCCCCCCCCCCC(=O)OC(COC(=O)CCCCCCCCCCC/C=C\C/C=C\CCCCCCC)COP(=O)([O-])OCC[N+](C)(C)C. The number of hydrogen-bond acceptors (Lipinski definition) is 8. The van der Waals surface area contributed by atoms with Gasteiger partial charge in [-0.1, -0.05) is 209 Å². The van der Waals surface area contributed by atoms with E-state index < -0.39 is 26.5 Å². The highest BCUT2D eigenvalue weighted by Crippen LogP contribution is 2.38. The summed E-state index contributed by atoms with van der Waals surface area (Å²) >= 11 is 0. The van der Waals surface area contributed by atoms with Gasteiger partial charge in [-0.15, -0.1) is 0 Å². The van der Waals surface area contributed by atoms with Gasteiger partial charge in [0.15, 0.2) is 6.10 Å². The third-order valence-corrected chi connectivity index (χ3v) is 12.7. The highest BCUT2D eigenvalue weighted by Gasteiger charge is 2.21. The lowest BCUT2D eigenvalue weighted by Crippen LogP contribution is -2.37. The fourth-order valence-corrected chi connectivity index (χ4v) is 8.17. The molecule has 0 saturated heterocycles. The second-order valence-corrected chi connectivity index (χ2v) is 21.0. The predicted molar refractivity (Wildman–Crippen MR) is 286 cm³/mol. The van der Waals surface area contributed by atoms with Gasteiger partial charge in [0, 0.05) is 12.8 Å². The zero-order valence-electron chi connectivity index (χ0n) is 44.5. The highest BCUT2D eigenvalue weighted by molar-refractivity contribution is 7.45. The molecule has 0 aliphatic heterocycles. The normalized spacial score (nSPS) is 13.9. The fourth-order valence-electron chi connectivity index (χ4n) is 7.44. The molecule has 0 aliphatic carbocycles. The lowest BCUT2D eigenvalue weighted by atomic mass is 10.0. The van der Waals surface area contributed by atoms with E-state index in [1.165, 1.54) is 116 Å². The maximum atomic E-state index is 12.8. The average Bonchev–Trinajstić information content (AvgIpc) is 3.30. The minimum absolute atomic E-state index is 0.0351. The van der Waals surface area contributed by atoms with Crippen LogP contribution in [0.4, 0.5) is 0 Å². The molecule has 0 aromatic heterocycles. The molecule has 2 unspecified atom stereocenters. The minimum atomic E-state index is -4.64. The first-order chi connectivity index (χ1) is 33.0. The Morgan fingerprint density at radius 2 is 0.838 bits per heavy atom. The van der Waals surface area contributed by atoms with Crippen molar-refractivity contribution in [2.24, 2.45) is 0 Å². The first kappa shape index (κ1) is 65.5. The maximum absolute atomic E-state index is 12.8. The van der Waals surface area contributed by atoms with Crippen LogP contribution in [-0.4, -0.2) is 70.0 Å². The minimum Gasteiger partial charge on any atom is -0.756 e. The Morgan fingerprint density at radius 3 is 1.25 bits per heavy atom. The van der Waals surface area contributed by atoms with E-state index in [1.807, 2.05) is 21.1 Å². The number of allylic oxidation sites excluding steroid dienone is 12. The third-order valence-electron chi connectivity index (χ3n) is 11.7. The average molecular weight is 974 g/mol. The van der Waals surface area contributed by atoms with Crippen molar-refractivity contribution in [1.82, 2.24) is 0 Å². The zero-order chi connectivity index (χ0) is 49.9. The van der Waals surface area contributed by atoms with Gasteiger partial charge in [-0.05, 0) is 83.5 Å².